The van der Waals surface area contributed by atoms with Gasteiger partial charge in [-0.2, -0.15) is 5.10 Å². The molecule has 70 valence electrons. The Bertz CT molecular complexity index is 411. The molecule has 0 saturated carbocycles. The average molecular weight is 199 g/mol. The number of nitrogens with zero attached hydrogens (tertiary/aromatic N) is 1. The average Bonchev–Trinajstić information content (AvgIpc) is 2.49. The second-order valence-electron chi connectivity index (χ2n) is 2.24. The minimum Gasteiger partial charge on any atom is -0.278 e. The maximum atomic E-state index is 8.81. The fourth-order valence-corrected chi connectivity index (χ4v) is 0.883. The standard InChI is InChI=1S/C7H6N2.H3NO2S/c1-2-4-7-6(3-1)5-8-9-7;1-4(2)3/h1-5H,(H,8,9);4H,(H2,1,2,3). The Kier molecular flexibility index (Phi) is 3.41. The van der Waals surface area contributed by atoms with Gasteiger partial charge < -0.3 is 0 Å². The van der Waals surface area contributed by atoms with Crippen molar-refractivity contribution in [2.24, 2.45) is 5.14 Å². The number of hydrogen-bond donors (Lipinski definition) is 3. The van der Waals surface area contributed by atoms with Crippen LogP contribution >= 0.6 is 0 Å². The lowest BCUT2D eigenvalue weighted by atomic mass is 10.3. The van der Waals surface area contributed by atoms with Crippen LogP contribution in [0.3, 0.4) is 0 Å². The summed E-state index contributed by atoms with van der Waals surface area (Å²) in [5, 5.41) is 12.0. The lowest BCUT2D eigenvalue weighted by molar-refractivity contribution is 0.616. The number of fused-ring (bicyclic) bond motifs is 1. The summed E-state index contributed by atoms with van der Waals surface area (Å²) in [6.07, 6.45) is 1.81. The van der Waals surface area contributed by atoms with Crippen molar-refractivity contribution in [1.82, 2.24) is 10.2 Å². The highest BCUT2D eigenvalue weighted by molar-refractivity contribution is 7.69. The van der Waals surface area contributed by atoms with Gasteiger partial charge in [-0.05, 0) is 6.07 Å². The van der Waals surface area contributed by atoms with E-state index in [2.05, 4.69) is 15.3 Å². The molecule has 13 heavy (non-hydrogen) atoms. The summed E-state index contributed by atoms with van der Waals surface area (Å²) in [7, 11) is -2.62. The minimum absolute atomic E-state index is 1.09. The second-order valence-corrected chi connectivity index (χ2v) is 2.81. The minimum atomic E-state index is -2.62. The Labute approximate surface area is 76.6 Å². The van der Waals surface area contributed by atoms with E-state index in [4.69, 9.17) is 8.42 Å². The first-order valence-electron chi connectivity index (χ1n) is 3.47. The topological polar surface area (TPSA) is 88.8 Å². The van der Waals surface area contributed by atoms with Gasteiger partial charge in [0.15, 0.2) is 10.9 Å². The first kappa shape index (κ1) is 9.69. The van der Waals surface area contributed by atoms with Crippen LogP contribution in [0.15, 0.2) is 30.5 Å². The van der Waals surface area contributed by atoms with Crippen LogP contribution in [0.2, 0.25) is 0 Å². The lowest BCUT2D eigenvalue weighted by Gasteiger charge is -1.81. The normalized spacial score (nSPS) is 9.69. The number of aromatic amines is 1. The molecule has 0 aliphatic carbocycles. The van der Waals surface area contributed by atoms with Gasteiger partial charge in [0, 0.05) is 5.39 Å². The molecule has 0 bridgehead atoms. The fourth-order valence-electron chi connectivity index (χ4n) is 0.883. The molecular weight excluding hydrogens is 190 g/mol. The number of hydrogen-bond acceptors (Lipinski definition) is 3. The quantitative estimate of drug-likeness (QED) is 0.523. The molecular formula is C7H9N3O2S. The molecule has 0 spiro atoms. The van der Waals surface area contributed by atoms with Crippen molar-refractivity contribution < 1.29 is 8.42 Å². The van der Waals surface area contributed by atoms with Gasteiger partial charge in [-0.1, -0.05) is 18.2 Å². The predicted molar refractivity (Wildman–Crippen MR) is 50.6 cm³/mol. The SMILES string of the molecule is N[SH](=O)=O.c1ccc2[nH]ncc2c1. The molecule has 0 unspecified atom stereocenters. The number of nitrogens with two attached hydrogens (primary N) is 1. The van der Waals surface area contributed by atoms with Crippen LogP contribution in [-0.2, 0) is 10.9 Å². The summed E-state index contributed by atoms with van der Waals surface area (Å²) in [4.78, 5) is 0. The highest BCUT2D eigenvalue weighted by Crippen LogP contribution is 2.06. The van der Waals surface area contributed by atoms with E-state index in [0.717, 1.165) is 10.9 Å². The van der Waals surface area contributed by atoms with E-state index in [1.54, 1.807) is 0 Å². The van der Waals surface area contributed by atoms with E-state index < -0.39 is 10.9 Å². The summed E-state index contributed by atoms with van der Waals surface area (Å²) in [5.74, 6) is 0. The monoisotopic (exact) mass is 199 g/mol. The van der Waals surface area contributed by atoms with E-state index >= 15 is 0 Å². The Balaban J connectivity index is 0.000000184. The third-order valence-electron chi connectivity index (χ3n) is 1.35. The number of nitrogens with one attached hydrogen (secondary N) is 1. The van der Waals surface area contributed by atoms with Crippen molar-refractivity contribution in [3.63, 3.8) is 0 Å². The Morgan fingerprint density at radius 1 is 1.31 bits per heavy atom. The Morgan fingerprint density at radius 3 is 2.54 bits per heavy atom. The number of H-pyrrole nitrogens is 1. The van der Waals surface area contributed by atoms with Crippen LogP contribution in [0.25, 0.3) is 10.9 Å². The molecule has 3 N–H and O–H groups in total. The van der Waals surface area contributed by atoms with Crippen LogP contribution in [0, 0.1) is 0 Å². The first-order valence-corrected chi connectivity index (χ1v) is 4.72. The number of aromatic nitrogens is 2. The van der Waals surface area contributed by atoms with Gasteiger partial charge in [-0.3, -0.25) is 5.10 Å². The van der Waals surface area contributed by atoms with Crippen molar-refractivity contribution in [2.45, 2.75) is 0 Å². The van der Waals surface area contributed by atoms with Gasteiger partial charge in [-0.25, -0.2) is 13.6 Å². The van der Waals surface area contributed by atoms with Crippen molar-refractivity contribution in [2.75, 3.05) is 0 Å². The maximum absolute atomic E-state index is 8.81. The summed E-state index contributed by atoms with van der Waals surface area (Å²) in [6, 6.07) is 8.01. The molecule has 1 aromatic heterocycles. The Hall–Kier alpha value is -1.40. The second kappa shape index (κ2) is 4.58. The smallest absolute Gasteiger partial charge is 0.198 e. The Morgan fingerprint density at radius 2 is 1.92 bits per heavy atom. The van der Waals surface area contributed by atoms with Crippen LogP contribution in [0.5, 0.6) is 0 Å². The zero-order valence-electron chi connectivity index (χ0n) is 6.68. The van der Waals surface area contributed by atoms with Crippen molar-refractivity contribution in [1.29, 1.82) is 0 Å². The molecule has 2 aromatic rings. The number of thiol groups is 1. The molecule has 0 aliphatic rings. The van der Waals surface area contributed by atoms with Crippen molar-refractivity contribution in [3.8, 4) is 0 Å². The summed E-state index contributed by atoms with van der Waals surface area (Å²) in [5.41, 5.74) is 1.09. The van der Waals surface area contributed by atoms with Crippen LogP contribution < -0.4 is 5.14 Å². The maximum Gasteiger partial charge on any atom is 0.198 e. The third kappa shape index (κ3) is 3.22. The fraction of sp³-hybridized carbons (Fsp3) is 0. The van der Waals surface area contributed by atoms with E-state index in [0.29, 0.717) is 0 Å². The van der Waals surface area contributed by atoms with Gasteiger partial charge in [0.05, 0.1) is 11.7 Å². The van der Waals surface area contributed by atoms with Crippen LogP contribution in [-0.4, -0.2) is 18.6 Å². The van der Waals surface area contributed by atoms with Crippen LogP contribution in [0.4, 0.5) is 0 Å². The van der Waals surface area contributed by atoms with Gasteiger partial charge >= 0.3 is 0 Å². The lowest BCUT2D eigenvalue weighted by Crippen LogP contribution is -1.85. The molecule has 6 heteroatoms. The van der Waals surface area contributed by atoms with E-state index in [1.807, 2.05) is 30.5 Å². The third-order valence-corrected chi connectivity index (χ3v) is 1.35. The molecule has 0 aliphatic heterocycles. The van der Waals surface area contributed by atoms with E-state index in [1.165, 1.54) is 0 Å². The molecule has 0 atom stereocenters. The number of benzene rings is 1. The van der Waals surface area contributed by atoms with E-state index in [-0.39, 0.29) is 0 Å². The van der Waals surface area contributed by atoms with Gasteiger partial charge in [0.1, 0.15) is 0 Å². The summed E-state index contributed by atoms with van der Waals surface area (Å²) >= 11 is 0. The van der Waals surface area contributed by atoms with Gasteiger partial charge in [0.25, 0.3) is 0 Å². The summed E-state index contributed by atoms with van der Waals surface area (Å²) in [6.45, 7) is 0. The van der Waals surface area contributed by atoms with Gasteiger partial charge in [0.2, 0.25) is 0 Å². The molecule has 2 rings (SSSR count). The molecule has 5 nitrogen and oxygen atoms in total. The first-order chi connectivity index (χ1) is 6.20. The zero-order valence-corrected chi connectivity index (χ0v) is 7.57. The molecule has 0 saturated heterocycles. The highest BCUT2D eigenvalue weighted by Gasteiger charge is 1.88. The van der Waals surface area contributed by atoms with Crippen LogP contribution in [0.1, 0.15) is 0 Å². The largest absolute Gasteiger partial charge is 0.278 e. The van der Waals surface area contributed by atoms with Crippen molar-refractivity contribution >= 4 is 21.8 Å². The van der Waals surface area contributed by atoms with Gasteiger partial charge in [-0.15, -0.1) is 0 Å². The van der Waals surface area contributed by atoms with Crippen molar-refractivity contribution in [3.05, 3.63) is 30.5 Å². The number of rotatable bonds is 0. The summed E-state index contributed by atoms with van der Waals surface area (Å²) < 4.78 is 17.6. The molecule has 0 amide bonds. The predicted octanol–water partition coefficient (Wildman–Crippen LogP) is 0.0344. The molecule has 0 radical (unpaired) electrons. The van der Waals surface area contributed by atoms with E-state index in [9.17, 15) is 0 Å². The molecule has 1 aromatic carbocycles. The number of para-hydroxylation sites is 1. The molecule has 0 fully saturated rings. The molecule has 1 heterocycles. The highest BCUT2D eigenvalue weighted by atomic mass is 32.2. The zero-order chi connectivity index (χ0) is 9.68.